The summed E-state index contributed by atoms with van der Waals surface area (Å²) in [6.07, 6.45) is 9.90. The Labute approximate surface area is 101 Å². The van der Waals surface area contributed by atoms with Crippen LogP contribution in [0.25, 0.3) is 0 Å². The second-order valence-corrected chi connectivity index (χ2v) is 5.79. The third-order valence-electron chi connectivity index (χ3n) is 4.67. The number of nitrogens with zero attached hydrogens (tertiary/aromatic N) is 1. The summed E-state index contributed by atoms with van der Waals surface area (Å²) in [5.41, 5.74) is 6.01. The van der Waals surface area contributed by atoms with Gasteiger partial charge in [-0.15, -0.1) is 0 Å². The Balaban J connectivity index is 1.85. The van der Waals surface area contributed by atoms with Gasteiger partial charge in [0.15, 0.2) is 0 Å². The molecule has 94 valence electrons. The van der Waals surface area contributed by atoms with E-state index in [1.807, 2.05) is 0 Å². The van der Waals surface area contributed by atoms with Gasteiger partial charge in [-0.1, -0.05) is 26.2 Å². The van der Waals surface area contributed by atoms with Crippen molar-refractivity contribution >= 4 is 0 Å². The fraction of sp³-hybridized carbons (Fsp3) is 1.00. The van der Waals surface area contributed by atoms with Crippen molar-refractivity contribution in [3.05, 3.63) is 0 Å². The van der Waals surface area contributed by atoms with Crippen molar-refractivity contribution < 1.29 is 0 Å². The molecule has 2 N–H and O–H groups in total. The third kappa shape index (κ3) is 2.78. The summed E-state index contributed by atoms with van der Waals surface area (Å²) < 4.78 is 0. The average Bonchev–Trinajstić information content (AvgIpc) is 2.92. The summed E-state index contributed by atoms with van der Waals surface area (Å²) in [5, 5.41) is 0. The first kappa shape index (κ1) is 12.4. The standard InChI is InChI=1S/C14H28N2/c1-2-5-12-8-9-16(11-12)14(10-15)13-6-3-4-7-13/h12-14H,2-11,15H2,1H3. The second-order valence-electron chi connectivity index (χ2n) is 5.79. The number of hydrogen-bond donors (Lipinski definition) is 1. The van der Waals surface area contributed by atoms with Crippen LogP contribution in [0.2, 0.25) is 0 Å². The Kier molecular flexibility index (Phi) is 4.66. The van der Waals surface area contributed by atoms with E-state index in [4.69, 9.17) is 5.73 Å². The van der Waals surface area contributed by atoms with E-state index < -0.39 is 0 Å². The van der Waals surface area contributed by atoms with Crippen molar-refractivity contribution in [1.82, 2.24) is 4.90 Å². The predicted octanol–water partition coefficient (Wildman–Crippen LogP) is 2.63. The van der Waals surface area contributed by atoms with Crippen LogP contribution in [-0.2, 0) is 0 Å². The van der Waals surface area contributed by atoms with Gasteiger partial charge in [0.05, 0.1) is 0 Å². The van der Waals surface area contributed by atoms with Gasteiger partial charge in [0.1, 0.15) is 0 Å². The highest BCUT2D eigenvalue weighted by Crippen LogP contribution is 2.33. The first-order chi connectivity index (χ1) is 7.85. The molecule has 0 spiro atoms. The molecular formula is C14H28N2. The molecule has 2 heteroatoms. The highest BCUT2D eigenvalue weighted by molar-refractivity contribution is 4.88. The molecule has 16 heavy (non-hydrogen) atoms. The van der Waals surface area contributed by atoms with E-state index in [9.17, 15) is 0 Å². The van der Waals surface area contributed by atoms with E-state index >= 15 is 0 Å². The molecule has 2 rings (SSSR count). The van der Waals surface area contributed by atoms with Crippen molar-refractivity contribution in [3.63, 3.8) is 0 Å². The lowest BCUT2D eigenvalue weighted by Crippen LogP contribution is -2.43. The summed E-state index contributed by atoms with van der Waals surface area (Å²) in [5.74, 6) is 1.87. The maximum Gasteiger partial charge on any atom is 0.0246 e. The number of rotatable bonds is 5. The zero-order chi connectivity index (χ0) is 11.4. The van der Waals surface area contributed by atoms with Crippen LogP contribution < -0.4 is 5.73 Å². The predicted molar refractivity (Wildman–Crippen MR) is 69.4 cm³/mol. The van der Waals surface area contributed by atoms with Crippen LogP contribution in [-0.4, -0.2) is 30.6 Å². The maximum absolute atomic E-state index is 6.01. The number of likely N-dealkylation sites (tertiary alicyclic amines) is 1. The lowest BCUT2D eigenvalue weighted by molar-refractivity contribution is 0.174. The first-order valence-electron chi connectivity index (χ1n) is 7.29. The molecule has 2 atom stereocenters. The molecule has 2 aliphatic rings. The Morgan fingerprint density at radius 2 is 2.00 bits per heavy atom. The fourth-order valence-corrected chi connectivity index (χ4v) is 3.79. The minimum atomic E-state index is 0.698. The summed E-state index contributed by atoms with van der Waals surface area (Å²) in [6, 6.07) is 0.698. The van der Waals surface area contributed by atoms with Gasteiger partial charge < -0.3 is 5.73 Å². The quantitative estimate of drug-likeness (QED) is 0.778. The van der Waals surface area contributed by atoms with Gasteiger partial charge in [0, 0.05) is 19.1 Å². The molecule has 1 aliphatic heterocycles. The van der Waals surface area contributed by atoms with Gasteiger partial charge in [-0.2, -0.15) is 0 Å². The zero-order valence-electron chi connectivity index (χ0n) is 10.8. The van der Waals surface area contributed by atoms with Gasteiger partial charge in [-0.25, -0.2) is 0 Å². The maximum atomic E-state index is 6.01. The van der Waals surface area contributed by atoms with Crippen LogP contribution in [0.5, 0.6) is 0 Å². The number of hydrogen-bond acceptors (Lipinski definition) is 2. The van der Waals surface area contributed by atoms with Crippen molar-refractivity contribution in [2.45, 2.75) is 57.9 Å². The highest BCUT2D eigenvalue weighted by atomic mass is 15.2. The van der Waals surface area contributed by atoms with Crippen LogP contribution in [0.3, 0.4) is 0 Å². The SMILES string of the molecule is CCCC1CCN(C(CN)C2CCCC2)C1. The summed E-state index contributed by atoms with van der Waals surface area (Å²) in [4.78, 5) is 2.70. The second kappa shape index (κ2) is 6.02. The average molecular weight is 224 g/mol. The molecule has 0 bridgehead atoms. The van der Waals surface area contributed by atoms with Crippen molar-refractivity contribution in [3.8, 4) is 0 Å². The van der Waals surface area contributed by atoms with E-state index in [0.29, 0.717) is 6.04 Å². The fourth-order valence-electron chi connectivity index (χ4n) is 3.79. The first-order valence-corrected chi connectivity index (χ1v) is 7.29. The van der Waals surface area contributed by atoms with Crippen LogP contribution in [0.4, 0.5) is 0 Å². The smallest absolute Gasteiger partial charge is 0.0246 e. The molecule has 2 unspecified atom stereocenters. The van der Waals surface area contributed by atoms with Crippen molar-refractivity contribution in [2.75, 3.05) is 19.6 Å². The van der Waals surface area contributed by atoms with Crippen LogP contribution in [0.1, 0.15) is 51.9 Å². The lowest BCUT2D eigenvalue weighted by Gasteiger charge is -2.31. The normalized spacial score (nSPS) is 30.0. The number of nitrogens with two attached hydrogens (primary N) is 1. The van der Waals surface area contributed by atoms with E-state index in [-0.39, 0.29) is 0 Å². The molecule has 1 saturated heterocycles. The van der Waals surface area contributed by atoms with Gasteiger partial charge in [-0.3, -0.25) is 4.90 Å². The summed E-state index contributed by atoms with van der Waals surface area (Å²) in [7, 11) is 0. The highest BCUT2D eigenvalue weighted by Gasteiger charge is 2.32. The van der Waals surface area contributed by atoms with Gasteiger partial charge in [0.2, 0.25) is 0 Å². The molecule has 1 heterocycles. The molecule has 0 amide bonds. The van der Waals surface area contributed by atoms with Crippen molar-refractivity contribution in [2.24, 2.45) is 17.6 Å². The largest absolute Gasteiger partial charge is 0.329 e. The van der Waals surface area contributed by atoms with E-state index in [1.165, 1.54) is 58.0 Å². The van der Waals surface area contributed by atoms with Crippen LogP contribution in [0, 0.1) is 11.8 Å². The minimum Gasteiger partial charge on any atom is -0.329 e. The van der Waals surface area contributed by atoms with Crippen LogP contribution >= 0.6 is 0 Å². The monoisotopic (exact) mass is 224 g/mol. The molecular weight excluding hydrogens is 196 g/mol. The topological polar surface area (TPSA) is 29.3 Å². The molecule has 2 nitrogen and oxygen atoms in total. The Morgan fingerprint density at radius 1 is 1.25 bits per heavy atom. The van der Waals surface area contributed by atoms with E-state index in [1.54, 1.807) is 0 Å². The molecule has 0 aromatic carbocycles. The third-order valence-corrected chi connectivity index (χ3v) is 4.67. The Morgan fingerprint density at radius 3 is 2.62 bits per heavy atom. The molecule has 0 aromatic rings. The van der Waals surface area contributed by atoms with Crippen LogP contribution in [0.15, 0.2) is 0 Å². The van der Waals surface area contributed by atoms with Gasteiger partial charge in [0.25, 0.3) is 0 Å². The summed E-state index contributed by atoms with van der Waals surface area (Å²) >= 11 is 0. The zero-order valence-corrected chi connectivity index (χ0v) is 10.8. The molecule has 1 saturated carbocycles. The molecule has 1 aliphatic carbocycles. The van der Waals surface area contributed by atoms with Gasteiger partial charge >= 0.3 is 0 Å². The Bertz CT molecular complexity index is 199. The lowest BCUT2D eigenvalue weighted by atomic mass is 9.96. The molecule has 0 radical (unpaired) electrons. The van der Waals surface area contributed by atoms with E-state index in [0.717, 1.165) is 18.4 Å². The summed E-state index contributed by atoms with van der Waals surface area (Å²) in [6.45, 7) is 5.82. The van der Waals surface area contributed by atoms with Gasteiger partial charge in [-0.05, 0) is 44.1 Å². The minimum absolute atomic E-state index is 0.698. The van der Waals surface area contributed by atoms with E-state index in [2.05, 4.69) is 11.8 Å². The Hall–Kier alpha value is -0.0800. The molecule has 2 fully saturated rings. The van der Waals surface area contributed by atoms with Crippen molar-refractivity contribution in [1.29, 1.82) is 0 Å². The molecule has 0 aromatic heterocycles.